The highest BCUT2D eigenvalue weighted by atomic mass is 16.6. The molecule has 0 saturated carbocycles. The summed E-state index contributed by atoms with van der Waals surface area (Å²) in [7, 11) is 0. The van der Waals surface area contributed by atoms with E-state index in [1.165, 1.54) is 44.1 Å². The fourth-order valence-electron chi connectivity index (χ4n) is 3.32. The first-order chi connectivity index (χ1) is 15.0. The van der Waals surface area contributed by atoms with E-state index in [1.807, 2.05) is 20.8 Å². The minimum atomic E-state index is -0.315. The van der Waals surface area contributed by atoms with Crippen molar-refractivity contribution in [3.63, 3.8) is 0 Å². The number of nitrogens with zero attached hydrogens (tertiary/aromatic N) is 2. The van der Waals surface area contributed by atoms with Crippen LogP contribution in [0, 0.1) is 5.92 Å². The van der Waals surface area contributed by atoms with E-state index in [9.17, 15) is 4.79 Å². The molecule has 2 aromatic rings. The molecular weight excluding hydrogens is 388 g/mol. The summed E-state index contributed by atoms with van der Waals surface area (Å²) in [5, 5.41) is 0. The quantitative estimate of drug-likeness (QED) is 0.258. The van der Waals surface area contributed by atoms with Gasteiger partial charge in [-0.05, 0) is 31.2 Å². The van der Waals surface area contributed by atoms with E-state index in [1.54, 1.807) is 12.4 Å². The van der Waals surface area contributed by atoms with Gasteiger partial charge in [-0.25, -0.2) is 9.97 Å². The highest BCUT2D eigenvalue weighted by Gasteiger charge is 2.12. The van der Waals surface area contributed by atoms with Crippen LogP contribution in [-0.4, -0.2) is 28.6 Å². The van der Waals surface area contributed by atoms with Crippen molar-refractivity contribution >= 4 is 5.97 Å². The number of hydrogen-bond donors (Lipinski definition) is 0. The SMILES string of the molecule is CCCCCCCCc1ccc(-c2ncc(OCC(C)OC(=O)CC(C)C)cn2)cc1. The lowest BCUT2D eigenvalue weighted by Gasteiger charge is -2.15. The average Bonchev–Trinajstić information content (AvgIpc) is 2.75. The van der Waals surface area contributed by atoms with Crippen LogP contribution in [0.15, 0.2) is 36.7 Å². The molecule has 1 aromatic heterocycles. The first-order valence-corrected chi connectivity index (χ1v) is 11.7. The standard InChI is InChI=1S/C26H38N2O3/c1-5-6-7-8-9-10-11-22-12-14-23(15-13-22)26-27-17-24(18-28-26)30-19-21(4)31-25(29)16-20(2)3/h12-15,17-18,20-21H,5-11,16,19H2,1-4H3. The summed E-state index contributed by atoms with van der Waals surface area (Å²) in [5.41, 5.74) is 2.36. The molecule has 31 heavy (non-hydrogen) atoms. The largest absolute Gasteiger partial charge is 0.486 e. The second-order valence-electron chi connectivity index (χ2n) is 8.67. The number of aromatic nitrogens is 2. The van der Waals surface area contributed by atoms with E-state index in [0.29, 0.717) is 18.0 Å². The molecular formula is C26H38N2O3. The van der Waals surface area contributed by atoms with Crippen LogP contribution in [0.25, 0.3) is 11.4 Å². The lowest BCUT2D eigenvalue weighted by Crippen LogP contribution is -2.22. The van der Waals surface area contributed by atoms with Crippen LogP contribution in [-0.2, 0) is 16.0 Å². The van der Waals surface area contributed by atoms with Crippen LogP contribution in [0.4, 0.5) is 0 Å². The minimum Gasteiger partial charge on any atom is -0.486 e. The van der Waals surface area contributed by atoms with E-state index in [-0.39, 0.29) is 24.6 Å². The van der Waals surface area contributed by atoms with Crippen LogP contribution < -0.4 is 4.74 Å². The normalized spacial score (nSPS) is 12.0. The average molecular weight is 427 g/mol. The maximum atomic E-state index is 11.7. The van der Waals surface area contributed by atoms with Crippen molar-refractivity contribution in [2.24, 2.45) is 5.92 Å². The van der Waals surface area contributed by atoms with E-state index in [0.717, 1.165) is 12.0 Å². The summed E-state index contributed by atoms with van der Waals surface area (Å²) in [6.45, 7) is 8.33. The zero-order chi connectivity index (χ0) is 22.5. The fourth-order valence-corrected chi connectivity index (χ4v) is 3.32. The summed E-state index contributed by atoms with van der Waals surface area (Å²) in [6, 6.07) is 8.50. The Hall–Kier alpha value is -2.43. The first-order valence-electron chi connectivity index (χ1n) is 11.7. The molecule has 0 fully saturated rings. The molecule has 0 bridgehead atoms. The molecule has 5 heteroatoms. The maximum absolute atomic E-state index is 11.7. The van der Waals surface area contributed by atoms with Crippen molar-refractivity contribution in [2.45, 2.75) is 85.2 Å². The summed E-state index contributed by atoms with van der Waals surface area (Å²) in [5.74, 6) is 1.33. The van der Waals surface area contributed by atoms with Gasteiger partial charge in [0.25, 0.3) is 0 Å². The Morgan fingerprint density at radius 3 is 2.23 bits per heavy atom. The Kier molecular flexibility index (Phi) is 11.0. The predicted molar refractivity (Wildman–Crippen MR) is 125 cm³/mol. The highest BCUT2D eigenvalue weighted by molar-refractivity contribution is 5.69. The van der Waals surface area contributed by atoms with Gasteiger partial charge in [-0.1, -0.05) is 77.1 Å². The number of carbonyl (C=O) groups is 1. The molecule has 0 aliphatic heterocycles. The topological polar surface area (TPSA) is 61.3 Å². The maximum Gasteiger partial charge on any atom is 0.306 e. The second kappa shape index (κ2) is 13.8. The van der Waals surface area contributed by atoms with Gasteiger partial charge in [-0.2, -0.15) is 0 Å². The zero-order valence-electron chi connectivity index (χ0n) is 19.6. The molecule has 1 heterocycles. The van der Waals surface area contributed by atoms with Crippen molar-refractivity contribution in [3.05, 3.63) is 42.2 Å². The third-order valence-electron chi connectivity index (χ3n) is 5.05. The molecule has 0 saturated heterocycles. The van der Waals surface area contributed by atoms with Gasteiger partial charge in [-0.15, -0.1) is 0 Å². The first kappa shape index (κ1) is 24.8. The third kappa shape index (κ3) is 9.95. The van der Waals surface area contributed by atoms with Gasteiger partial charge in [0.2, 0.25) is 0 Å². The molecule has 0 aliphatic carbocycles. The molecule has 0 spiro atoms. The van der Waals surface area contributed by atoms with Crippen LogP contribution in [0.5, 0.6) is 5.75 Å². The van der Waals surface area contributed by atoms with Gasteiger partial charge >= 0.3 is 5.97 Å². The van der Waals surface area contributed by atoms with Gasteiger partial charge in [0.05, 0.1) is 12.4 Å². The van der Waals surface area contributed by atoms with Gasteiger partial charge in [0.1, 0.15) is 12.7 Å². The lowest BCUT2D eigenvalue weighted by atomic mass is 10.0. The van der Waals surface area contributed by atoms with Gasteiger partial charge in [0, 0.05) is 12.0 Å². The molecule has 0 radical (unpaired) electrons. The Morgan fingerprint density at radius 2 is 1.58 bits per heavy atom. The van der Waals surface area contributed by atoms with Crippen LogP contribution in [0.3, 0.4) is 0 Å². The van der Waals surface area contributed by atoms with E-state index in [2.05, 4.69) is 41.2 Å². The number of hydrogen-bond acceptors (Lipinski definition) is 5. The van der Waals surface area contributed by atoms with E-state index in [4.69, 9.17) is 9.47 Å². The van der Waals surface area contributed by atoms with Gasteiger partial charge in [0.15, 0.2) is 11.6 Å². The monoisotopic (exact) mass is 426 g/mol. The van der Waals surface area contributed by atoms with Crippen molar-refractivity contribution < 1.29 is 14.3 Å². The van der Waals surface area contributed by atoms with E-state index >= 15 is 0 Å². The number of rotatable bonds is 14. The van der Waals surface area contributed by atoms with Gasteiger partial charge in [-0.3, -0.25) is 4.79 Å². The summed E-state index contributed by atoms with van der Waals surface area (Å²) < 4.78 is 11.0. The molecule has 1 unspecified atom stereocenters. The Bertz CT molecular complexity index is 757. The minimum absolute atomic E-state index is 0.197. The van der Waals surface area contributed by atoms with Gasteiger partial charge < -0.3 is 9.47 Å². The molecule has 0 amide bonds. The predicted octanol–water partition coefficient (Wildman–Crippen LogP) is 6.40. The fraction of sp³-hybridized carbons (Fsp3) is 0.577. The molecule has 5 nitrogen and oxygen atoms in total. The Morgan fingerprint density at radius 1 is 0.935 bits per heavy atom. The number of unbranched alkanes of at least 4 members (excludes halogenated alkanes) is 5. The number of esters is 1. The second-order valence-corrected chi connectivity index (χ2v) is 8.67. The smallest absolute Gasteiger partial charge is 0.306 e. The molecule has 0 aliphatic rings. The molecule has 1 aromatic carbocycles. The summed E-state index contributed by atoms with van der Waals surface area (Å²) in [6.07, 6.45) is 12.4. The number of aryl methyl sites for hydroxylation is 1. The van der Waals surface area contributed by atoms with Crippen LogP contribution >= 0.6 is 0 Å². The summed E-state index contributed by atoms with van der Waals surface area (Å²) in [4.78, 5) is 20.5. The molecule has 0 N–H and O–H groups in total. The number of ether oxygens (including phenoxy) is 2. The Balaban J connectivity index is 1.76. The lowest BCUT2D eigenvalue weighted by molar-refractivity contribution is -0.150. The van der Waals surface area contributed by atoms with Crippen LogP contribution in [0.2, 0.25) is 0 Å². The summed E-state index contributed by atoms with van der Waals surface area (Å²) >= 11 is 0. The molecule has 1 atom stereocenters. The number of carbonyl (C=O) groups excluding carboxylic acids is 1. The van der Waals surface area contributed by atoms with Crippen molar-refractivity contribution in [3.8, 4) is 17.1 Å². The van der Waals surface area contributed by atoms with Crippen molar-refractivity contribution in [1.82, 2.24) is 9.97 Å². The van der Waals surface area contributed by atoms with Crippen molar-refractivity contribution in [2.75, 3.05) is 6.61 Å². The number of benzene rings is 1. The highest BCUT2D eigenvalue weighted by Crippen LogP contribution is 2.19. The zero-order valence-corrected chi connectivity index (χ0v) is 19.6. The van der Waals surface area contributed by atoms with E-state index < -0.39 is 0 Å². The van der Waals surface area contributed by atoms with Crippen LogP contribution in [0.1, 0.15) is 78.2 Å². The molecule has 170 valence electrons. The van der Waals surface area contributed by atoms with Crippen molar-refractivity contribution in [1.29, 1.82) is 0 Å². The Labute approximate surface area is 187 Å². The molecule has 2 rings (SSSR count). The third-order valence-corrected chi connectivity index (χ3v) is 5.05.